The van der Waals surface area contributed by atoms with E-state index in [-0.39, 0.29) is 18.4 Å². The van der Waals surface area contributed by atoms with Crippen LogP contribution in [0, 0.1) is 12.8 Å². The van der Waals surface area contributed by atoms with E-state index in [1.54, 1.807) is 0 Å². The summed E-state index contributed by atoms with van der Waals surface area (Å²) in [7, 11) is 0. The largest absolute Gasteiger partial charge is 0.387 e. The number of carbonyl (C=O) groups excluding carboxylic acids is 1. The highest BCUT2D eigenvalue weighted by Crippen LogP contribution is 2.12. The van der Waals surface area contributed by atoms with Gasteiger partial charge in [0.2, 0.25) is 5.91 Å². The molecule has 0 fully saturated rings. The predicted molar refractivity (Wildman–Crippen MR) is 64.0 cm³/mol. The average molecular weight is 221 g/mol. The standard InChI is InChI=1S/C13H19NO2/c1-9(2)13(16)14-8-12(15)11-6-4-10(3)5-7-11/h4-7,9,12,15H,8H2,1-3H3,(H,14,16). The Bertz CT molecular complexity index is 343. The molecule has 3 nitrogen and oxygen atoms in total. The lowest BCUT2D eigenvalue weighted by Crippen LogP contribution is -2.31. The molecule has 0 aliphatic carbocycles. The lowest BCUT2D eigenvalue weighted by molar-refractivity contribution is -0.124. The summed E-state index contributed by atoms with van der Waals surface area (Å²) in [5.41, 5.74) is 1.98. The van der Waals surface area contributed by atoms with Gasteiger partial charge in [-0.3, -0.25) is 4.79 Å². The lowest BCUT2D eigenvalue weighted by atomic mass is 10.1. The van der Waals surface area contributed by atoms with E-state index in [0.29, 0.717) is 0 Å². The fraction of sp³-hybridized carbons (Fsp3) is 0.462. The van der Waals surface area contributed by atoms with Crippen LogP contribution in [0.25, 0.3) is 0 Å². The van der Waals surface area contributed by atoms with E-state index in [2.05, 4.69) is 5.32 Å². The highest BCUT2D eigenvalue weighted by molar-refractivity contribution is 5.77. The van der Waals surface area contributed by atoms with Crippen molar-refractivity contribution in [1.29, 1.82) is 0 Å². The summed E-state index contributed by atoms with van der Waals surface area (Å²) in [6.45, 7) is 5.91. The van der Waals surface area contributed by atoms with Gasteiger partial charge >= 0.3 is 0 Å². The van der Waals surface area contributed by atoms with Crippen molar-refractivity contribution in [3.05, 3.63) is 35.4 Å². The first-order valence-electron chi connectivity index (χ1n) is 5.53. The molecule has 0 heterocycles. The molecule has 1 rings (SSSR count). The first-order chi connectivity index (χ1) is 7.50. The highest BCUT2D eigenvalue weighted by atomic mass is 16.3. The molecule has 0 spiro atoms. The molecule has 16 heavy (non-hydrogen) atoms. The molecular weight excluding hydrogens is 202 g/mol. The number of benzene rings is 1. The van der Waals surface area contributed by atoms with E-state index in [1.165, 1.54) is 0 Å². The number of aliphatic hydroxyl groups excluding tert-OH is 1. The van der Waals surface area contributed by atoms with Crippen molar-refractivity contribution in [2.75, 3.05) is 6.54 Å². The van der Waals surface area contributed by atoms with Crippen LogP contribution in [0.5, 0.6) is 0 Å². The fourth-order valence-corrected chi connectivity index (χ4v) is 1.31. The van der Waals surface area contributed by atoms with Gasteiger partial charge < -0.3 is 10.4 Å². The van der Waals surface area contributed by atoms with Crippen LogP contribution in [0.2, 0.25) is 0 Å². The molecule has 0 saturated heterocycles. The number of rotatable bonds is 4. The van der Waals surface area contributed by atoms with E-state index >= 15 is 0 Å². The number of nitrogens with one attached hydrogen (secondary N) is 1. The molecule has 0 aliphatic rings. The molecule has 1 atom stereocenters. The minimum Gasteiger partial charge on any atom is -0.387 e. The van der Waals surface area contributed by atoms with Crippen LogP contribution in [0.3, 0.4) is 0 Å². The number of aliphatic hydroxyl groups is 1. The number of aryl methyl sites for hydroxylation is 1. The Morgan fingerprint density at radius 3 is 2.38 bits per heavy atom. The Balaban J connectivity index is 2.49. The highest BCUT2D eigenvalue weighted by Gasteiger charge is 2.11. The third-order valence-corrected chi connectivity index (χ3v) is 2.46. The van der Waals surface area contributed by atoms with E-state index < -0.39 is 6.10 Å². The van der Waals surface area contributed by atoms with Crippen LogP contribution >= 0.6 is 0 Å². The second-order valence-corrected chi connectivity index (χ2v) is 4.33. The molecule has 0 radical (unpaired) electrons. The van der Waals surface area contributed by atoms with Crippen molar-refractivity contribution < 1.29 is 9.90 Å². The van der Waals surface area contributed by atoms with Gasteiger partial charge in [0.05, 0.1) is 6.10 Å². The van der Waals surface area contributed by atoms with Gasteiger partial charge in [0.1, 0.15) is 0 Å². The molecule has 1 unspecified atom stereocenters. The van der Waals surface area contributed by atoms with Crippen LogP contribution in [-0.2, 0) is 4.79 Å². The van der Waals surface area contributed by atoms with Crippen LogP contribution in [0.1, 0.15) is 31.1 Å². The SMILES string of the molecule is Cc1ccc(C(O)CNC(=O)C(C)C)cc1. The van der Waals surface area contributed by atoms with Gasteiger partial charge in [-0.05, 0) is 12.5 Å². The maximum absolute atomic E-state index is 11.3. The first-order valence-corrected chi connectivity index (χ1v) is 5.53. The Hall–Kier alpha value is -1.35. The van der Waals surface area contributed by atoms with E-state index in [1.807, 2.05) is 45.0 Å². The minimum atomic E-state index is -0.636. The normalized spacial score (nSPS) is 12.6. The summed E-state index contributed by atoms with van der Waals surface area (Å²) in [6, 6.07) is 7.65. The molecule has 0 saturated carbocycles. The molecule has 0 bridgehead atoms. The molecule has 1 aromatic carbocycles. The van der Waals surface area contributed by atoms with Gasteiger partial charge in [-0.25, -0.2) is 0 Å². The third kappa shape index (κ3) is 3.66. The molecule has 3 heteroatoms. The monoisotopic (exact) mass is 221 g/mol. The number of amides is 1. The molecule has 2 N–H and O–H groups in total. The fourth-order valence-electron chi connectivity index (χ4n) is 1.31. The van der Waals surface area contributed by atoms with Crippen molar-refractivity contribution in [3.63, 3.8) is 0 Å². The Kier molecular flexibility index (Phi) is 4.50. The number of hydrogen-bond donors (Lipinski definition) is 2. The molecule has 1 amide bonds. The van der Waals surface area contributed by atoms with E-state index in [4.69, 9.17) is 0 Å². The van der Waals surface area contributed by atoms with Crippen molar-refractivity contribution in [3.8, 4) is 0 Å². The van der Waals surface area contributed by atoms with Crippen LogP contribution in [-0.4, -0.2) is 17.6 Å². The summed E-state index contributed by atoms with van der Waals surface area (Å²) in [4.78, 5) is 11.3. The Morgan fingerprint density at radius 2 is 1.88 bits per heavy atom. The van der Waals surface area contributed by atoms with Crippen molar-refractivity contribution in [1.82, 2.24) is 5.32 Å². The van der Waals surface area contributed by atoms with Crippen LogP contribution < -0.4 is 5.32 Å². The Morgan fingerprint density at radius 1 is 1.31 bits per heavy atom. The van der Waals surface area contributed by atoms with Crippen molar-refractivity contribution in [2.24, 2.45) is 5.92 Å². The van der Waals surface area contributed by atoms with Crippen molar-refractivity contribution in [2.45, 2.75) is 26.9 Å². The molecule has 88 valence electrons. The number of hydrogen-bond acceptors (Lipinski definition) is 2. The van der Waals surface area contributed by atoms with Gasteiger partial charge in [-0.1, -0.05) is 43.7 Å². The zero-order chi connectivity index (χ0) is 12.1. The average Bonchev–Trinajstić information content (AvgIpc) is 2.26. The van der Waals surface area contributed by atoms with Gasteiger partial charge in [0.15, 0.2) is 0 Å². The topological polar surface area (TPSA) is 49.3 Å². The number of carbonyl (C=O) groups is 1. The van der Waals surface area contributed by atoms with Gasteiger partial charge in [0, 0.05) is 12.5 Å². The maximum Gasteiger partial charge on any atom is 0.222 e. The Labute approximate surface area is 96.5 Å². The summed E-state index contributed by atoms with van der Waals surface area (Å²) in [5, 5.41) is 12.5. The van der Waals surface area contributed by atoms with Crippen LogP contribution in [0.4, 0.5) is 0 Å². The smallest absolute Gasteiger partial charge is 0.222 e. The summed E-state index contributed by atoms with van der Waals surface area (Å²) in [5.74, 6) is -0.0867. The molecule has 0 aromatic heterocycles. The van der Waals surface area contributed by atoms with Crippen molar-refractivity contribution >= 4 is 5.91 Å². The predicted octanol–water partition coefficient (Wildman–Crippen LogP) is 1.80. The lowest BCUT2D eigenvalue weighted by Gasteiger charge is -2.13. The maximum atomic E-state index is 11.3. The second kappa shape index (κ2) is 5.66. The first kappa shape index (κ1) is 12.7. The quantitative estimate of drug-likeness (QED) is 0.814. The van der Waals surface area contributed by atoms with Gasteiger partial charge in [0.25, 0.3) is 0 Å². The third-order valence-electron chi connectivity index (χ3n) is 2.46. The molecule has 0 aliphatic heterocycles. The van der Waals surface area contributed by atoms with E-state index in [9.17, 15) is 9.90 Å². The van der Waals surface area contributed by atoms with Crippen LogP contribution in [0.15, 0.2) is 24.3 Å². The van der Waals surface area contributed by atoms with E-state index in [0.717, 1.165) is 11.1 Å². The summed E-state index contributed by atoms with van der Waals surface area (Å²) >= 11 is 0. The van der Waals surface area contributed by atoms with Gasteiger partial charge in [-0.15, -0.1) is 0 Å². The molecular formula is C13H19NO2. The summed E-state index contributed by atoms with van der Waals surface area (Å²) < 4.78 is 0. The minimum absolute atomic E-state index is 0.0360. The zero-order valence-electron chi connectivity index (χ0n) is 10.0. The molecule has 1 aromatic rings. The zero-order valence-corrected chi connectivity index (χ0v) is 10.0. The van der Waals surface area contributed by atoms with Gasteiger partial charge in [-0.2, -0.15) is 0 Å². The second-order valence-electron chi connectivity index (χ2n) is 4.33. The summed E-state index contributed by atoms with van der Waals surface area (Å²) in [6.07, 6.45) is -0.636.